The molecule has 2 atom stereocenters. The third kappa shape index (κ3) is 2.27. The molecule has 0 aliphatic carbocycles. The zero-order valence-corrected chi connectivity index (χ0v) is 6.67. The fourth-order valence-electron chi connectivity index (χ4n) is 0.863. The second-order valence-corrected chi connectivity index (χ2v) is 4.76. The van der Waals surface area contributed by atoms with Crippen LogP contribution in [0.1, 0.15) is 19.3 Å². The quantitative estimate of drug-likeness (QED) is 0.546. The predicted octanol–water partition coefficient (Wildman–Crippen LogP) is 1.11. The third-order valence-electron chi connectivity index (χ3n) is 1.35. The van der Waals surface area contributed by atoms with Gasteiger partial charge >= 0.3 is 0 Å². The van der Waals surface area contributed by atoms with Gasteiger partial charge in [0.05, 0.1) is 4.58 Å². The van der Waals surface area contributed by atoms with Crippen LogP contribution in [0.25, 0.3) is 0 Å². The van der Waals surface area contributed by atoms with E-state index in [0.717, 1.165) is 18.6 Å². The van der Waals surface area contributed by atoms with Crippen molar-refractivity contribution in [2.45, 2.75) is 23.8 Å². The van der Waals surface area contributed by atoms with Crippen LogP contribution in [0.5, 0.6) is 0 Å². The Morgan fingerprint density at radius 3 is 2.67 bits per heavy atom. The molecule has 1 heterocycles. The van der Waals surface area contributed by atoms with Gasteiger partial charge < -0.3 is 4.55 Å². The van der Waals surface area contributed by atoms with Gasteiger partial charge in [0.25, 0.3) is 0 Å². The molecule has 1 rings (SSSR count). The van der Waals surface area contributed by atoms with Crippen molar-refractivity contribution in [3.8, 4) is 0 Å². The van der Waals surface area contributed by atoms with Crippen molar-refractivity contribution < 1.29 is 8.76 Å². The average molecular weight is 165 g/mol. The summed E-state index contributed by atoms with van der Waals surface area (Å²) >= 11 is -0.280. The molecule has 9 heavy (non-hydrogen) atoms. The van der Waals surface area contributed by atoms with Gasteiger partial charge in [-0.1, -0.05) is 6.42 Å². The first-order valence-electron chi connectivity index (χ1n) is 3.00. The zero-order valence-electron chi connectivity index (χ0n) is 5.04. The van der Waals surface area contributed by atoms with E-state index in [9.17, 15) is 8.76 Å². The second kappa shape index (κ2) is 3.58. The largest absolute Gasteiger partial charge is 0.771 e. The molecule has 0 N–H and O–H groups in total. The van der Waals surface area contributed by atoms with Crippen LogP contribution in [0, 0.1) is 0 Å². The second-order valence-electron chi connectivity index (χ2n) is 2.06. The van der Waals surface area contributed by atoms with E-state index in [2.05, 4.69) is 0 Å². The average Bonchev–Trinajstić information content (AvgIpc) is 1.90. The Kier molecular flexibility index (Phi) is 3.01. The van der Waals surface area contributed by atoms with E-state index in [1.807, 2.05) is 0 Å². The lowest BCUT2D eigenvalue weighted by Crippen LogP contribution is -2.14. The van der Waals surface area contributed by atoms with Crippen molar-refractivity contribution in [1.82, 2.24) is 0 Å². The summed E-state index contributed by atoms with van der Waals surface area (Å²) in [4.78, 5) is 0. The Morgan fingerprint density at radius 1 is 1.56 bits per heavy atom. The Labute approximate surface area is 61.7 Å². The van der Waals surface area contributed by atoms with Crippen molar-refractivity contribution >= 4 is 22.8 Å². The van der Waals surface area contributed by atoms with E-state index in [1.165, 1.54) is 6.42 Å². The van der Waals surface area contributed by atoms with Gasteiger partial charge in [-0.3, -0.25) is 4.21 Å². The molecule has 1 aliphatic heterocycles. The molecule has 0 radical (unpaired) electrons. The number of rotatable bonds is 1. The molecule has 0 saturated carbocycles. The highest BCUT2D eigenvalue weighted by molar-refractivity contribution is 8.09. The molecule has 0 spiro atoms. The molecule has 0 aromatic heterocycles. The van der Waals surface area contributed by atoms with Crippen LogP contribution in [-0.4, -0.2) is 19.1 Å². The van der Waals surface area contributed by atoms with Crippen LogP contribution in [0.4, 0.5) is 0 Å². The number of hydrogen-bond acceptors (Lipinski definition) is 3. The van der Waals surface area contributed by atoms with E-state index >= 15 is 0 Å². The summed E-state index contributed by atoms with van der Waals surface area (Å²) in [5.74, 6) is 1.01. The van der Waals surface area contributed by atoms with Crippen LogP contribution in [0.2, 0.25) is 0 Å². The minimum atomic E-state index is -1.84. The zero-order chi connectivity index (χ0) is 6.69. The van der Waals surface area contributed by atoms with Crippen molar-refractivity contribution in [3.05, 3.63) is 0 Å². The fourth-order valence-corrected chi connectivity index (χ4v) is 2.92. The minimum absolute atomic E-state index is 0.112. The minimum Gasteiger partial charge on any atom is -0.771 e. The van der Waals surface area contributed by atoms with Gasteiger partial charge in [-0.05, 0) is 29.7 Å². The summed E-state index contributed by atoms with van der Waals surface area (Å²) in [5.41, 5.74) is 0. The molecule has 4 heteroatoms. The van der Waals surface area contributed by atoms with E-state index in [-0.39, 0.29) is 4.58 Å². The lowest BCUT2D eigenvalue weighted by molar-refractivity contribution is 0.528. The topological polar surface area (TPSA) is 40.1 Å². The molecule has 1 fully saturated rings. The Balaban J connectivity index is 2.31. The molecular weight excluding hydrogens is 156 g/mol. The Bertz CT molecular complexity index is 110. The maximum Gasteiger partial charge on any atom is 0.0669 e. The van der Waals surface area contributed by atoms with Gasteiger partial charge in [0.1, 0.15) is 0 Å². The molecule has 0 aromatic rings. The maximum absolute atomic E-state index is 10.3. The smallest absolute Gasteiger partial charge is 0.0669 e. The fraction of sp³-hybridized carbons (Fsp3) is 1.00. The van der Waals surface area contributed by atoms with Gasteiger partial charge in [0.2, 0.25) is 0 Å². The van der Waals surface area contributed by atoms with Gasteiger partial charge in [-0.25, -0.2) is 0 Å². The summed E-state index contributed by atoms with van der Waals surface area (Å²) in [6, 6.07) is 0. The first-order valence-corrected chi connectivity index (χ1v) is 5.19. The highest BCUT2D eigenvalue weighted by Gasteiger charge is 2.13. The normalized spacial score (nSPS) is 31.9. The first kappa shape index (κ1) is 7.57. The van der Waals surface area contributed by atoms with Gasteiger partial charge in [-0.2, -0.15) is 0 Å². The molecular formula is C5H9O2S2-. The first-order chi connectivity index (χ1) is 4.30. The van der Waals surface area contributed by atoms with E-state index < -0.39 is 11.1 Å². The van der Waals surface area contributed by atoms with E-state index in [1.54, 1.807) is 11.8 Å². The lowest BCUT2D eigenvalue weighted by Gasteiger charge is -2.22. The SMILES string of the molecule is O=S([O-])C1CCCCS1. The van der Waals surface area contributed by atoms with Gasteiger partial charge in [-0.15, -0.1) is 11.8 Å². The Morgan fingerprint density at radius 2 is 2.33 bits per heavy atom. The lowest BCUT2D eigenvalue weighted by atomic mass is 10.3. The van der Waals surface area contributed by atoms with Crippen LogP contribution < -0.4 is 0 Å². The number of thioether (sulfide) groups is 1. The molecule has 0 aromatic carbocycles. The van der Waals surface area contributed by atoms with Crippen LogP contribution >= 0.6 is 11.8 Å². The van der Waals surface area contributed by atoms with Crippen LogP contribution in [0.3, 0.4) is 0 Å². The molecule has 0 amide bonds. The van der Waals surface area contributed by atoms with Crippen molar-refractivity contribution in [2.75, 3.05) is 5.75 Å². The van der Waals surface area contributed by atoms with E-state index in [0.29, 0.717) is 0 Å². The summed E-state index contributed by atoms with van der Waals surface area (Å²) in [7, 11) is 0. The highest BCUT2D eigenvalue weighted by atomic mass is 32.2. The van der Waals surface area contributed by atoms with Crippen molar-refractivity contribution in [3.63, 3.8) is 0 Å². The number of hydrogen-bond donors (Lipinski definition) is 0. The standard InChI is InChI=1S/C5H10O2S2/c6-9(7)5-3-1-2-4-8-5/h5H,1-4H2,(H,6,7)/p-1. The molecule has 54 valence electrons. The van der Waals surface area contributed by atoms with Crippen molar-refractivity contribution in [1.29, 1.82) is 0 Å². The predicted molar refractivity (Wildman–Crippen MR) is 39.0 cm³/mol. The summed E-state index contributed by atoms with van der Waals surface area (Å²) < 4.78 is 20.6. The van der Waals surface area contributed by atoms with Crippen LogP contribution in [-0.2, 0) is 11.1 Å². The molecule has 1 saturated heterocycles. The summed E-state index contributed by atoms with van der Waals surface area (Å²) in [5, 5.41) is 0. The van der Waals surface area contributed by atoms with E-state index in [4.69, 9.17) is 0 Å². The summed E-state index contributed by atoms with van der Waals surface area (Å²) in [6.45, 7) is 0. The monoisotopic (exact) mass is 165 g/mol. The summed E-state index contributed by atoms with van der Waals surface area (Å²) in [6.07, 6.45) is 3.10. The molecule has 2 nitrogen and oxygen atoms in total. The molecule has 0 bridgehead atoms. The van der Waals surface area contributed by atoms with Crippen molar-refractivity contribution in [2.24, 2.45) is 0 Å². The van der Waals surface area contributed by atoms with Gasteiger partial charge in [0.15, 0.2) is 0 Å². The third-order valence-corrected chi connectivity index (χ3v) is 4.03. The highest BCUT2D eigenvalue weighted by Crippen LogP contribution is 2.26. The Hall–Kier alpha value is 0.460. The van der Waals surface area contributed by atoms with Crippen LogP contribution in [0.15, 0.2) is 0 Å². The molecule has 1 aliphatic rings. The maximum atomic E-state index is 10.3. The molecule has 2 unspecified atom stereocenters. The van der Waals surface area contributed by atoms with Gasteiger partial charge in [0, 0.05) is 0 Å².